The summed E-state index contributed by atoms with van der Waals surface area (Å²) in [5, 5.41) is 8.58. The first kappa shape index (κ1) is 16.1. The molecule has 0 bridgehead atoms. The number of anilines is 2. The summed E-state index contributed by atoms with van der Waals surface area (Å²) in [7, 11) is 1.55. The normalized spacial score (nSPS) is 9.95. The number of carbonyl (C=O) groups excluding carboxylic acids is 2. The number of nitrogens with one attached hydrogen (secondary N) is 3. The Morgan fingerprint density at radius 3 is 2.05 bits per heavy atom. The van der Waals surface area contributed by atoms with Crippen LogP contribution in [0.15, 0.2) is 42.5 Å². The molecular formula is C15H13Cl2N3O2. The molecule has 0 aromatic heterocycles. The fraction of sp³-hybridized carbons (Fsp3) is 0.0667. The van der Waals surface area contributed by atoms with Gasteiger partial charge in [0.1, 0.15) is 0 Å². The van der Waals surface area contributed by atoms with Gasteiger partial charge in [-0.15, -0.1) is 0 Å². The number of halogens is 2. The van der Waals surface area contributed by atoms with E-state index in [9.17, 15) is 9.59 Å². The topological polar surface area (TPSA) is 70.2 Å². The summed E-state index contributed by atoms with van der Waals surface area (Å²) in [6, 6.07) is 10.9. The first-order valence-corrected chi connectivity index (χ1v) is 7.10. The number of carbonyl (C=O) groups is 2. The Kier molecular flexibility index (Phi) is 5.25. The monoisotopic (exact) mass is 337 g/mol. The van der Waals surface area contributed by atoms with Crippen molar-refractivity contribution in [3.05, 3.63) is 58.1 Å². The van der Waals surface area contributed by atoms with E-state index < -0.39 is 6.03 Å². The molecule has 3 N–H and O–H groups in total. The van der Waals surface area contributed by atoms with Crippen molar-refractivity contribution >= 4 is 46.5 Å². The predicted octanol–water partition coefficient (Wildman–Crippen LogP) is 4.00. The molecule has 22 heavy (non-hydrogen) atoms. The van der Waals surface area contributed by atoms with Crippen LogP contribution >= 0.6 is 23.2 Å². The van der Waals surface area contributed by atoms with Gasteiger partial charge in [-0.2, -0.15) is 0 Å². The smallest absolute Gasteiger partial charge is 0.323 e. The SMILES string of the molecule is CNC(=O)c1ccc(NC(=O)Nc2ccc(Cl)c(Cl)c2)cc1. The Morgan fingerprint density at radius 2 is 1.45 bits per heavy atom. The molecule has 0 saturated heterocycles. The average molecular weight is 338 g/mol. The maximum Gasteiger partial charge on any atom is 0.323 e. The van der Waals surface area contributed by atoms with Crippen molar-refractivity contribution in [3.8, 4) is 0 Å². The Balaban J connectivity index is 1.99. The third kappa shape index (κ3) is 4.13. The second kappa shape index (κ2) is 7.15. The summed E-state index contributed by atoms with van der Waals surface area (Å²) in [4.78, 5) is 23.3. The van der Waals surface area contributed by atoms with Crippen LogP contribution in [0.5, 0.6) is 0 Å². The van der Waals surface area contributed by atoms with Gasteiger partial charge in [-0.25, -0.2) is 4.79 Å². The lowest BCUT2D eigenvalue weighted by molar-refractivity contribution is 0.0963. The van der Waals surface area contributed by atoms with Gasteiger partial charge in [0.2, 0.25) is 0 Å². The zero-order valence-corrected chi connectivity index (χ0v) is 13.1. The summed E-state index contributed by atoms with van der Waals surface area (Å²) in [6.07, 6.45) is 0. The average Bonchev–Trinajstić information content (AvgIpc) is 2.51. The van der Waals surface area contributed by atoms with E-state index in [1.807, 2.05) is 0 Å². The summed E-state index contributed by atoms with van der Waals surface area (Å²) in [5.41, 5.74) is 1.59. The molecule has 0 saturated carbocycles. The molecule has 0 aliphatic rings. The molecule has 2 rings (SSSR count). The van der Waals surface area contributed by atoms with Crippen LogP contribution in [-0.4, -0.2) is 19.0 Å². The van der Waals surface area contributed by atoms with Gasteiger partial charge < -0.3 is 16.0 Å². The van der Waals surface area contributed by atoms with E-state index in [1.54, 1.807) is 49.5 Å². The van der Waals surface area contributed by atoms with E-state index in [0.29, 0.717) is 27.0 Å². The Morgan fingerprint density at radius 1 is 0.864 bits per heavy atom. The third-order valence-electron chi connectivity index (χ3n) is 2.81. The number of hydrogen-bond acceptors (Lipinski definition) is 2. The van der Waals surface area contributed by atoms with Crippen LogP contribution in [0.2, 0.25) is 10.0 Å². The van der Waals surface area contributed by atoms with Crippen molar-refractivity contribution in [2.75, 3.05) is 17.7 Å². The lowest BCUT2D eigenvalue weighted by Crippen LogP contribution is -2.20. The van der Waals surface area contributed by atoms with Crippen LogP contribution in [-0.2, 0) is 0 Å². The van der Waals surface area contributed by atoms with Crippen molar-refractivity contribution in [1.29, 1.82) is 0 Å². The molecule has 0 heterocycles. The first-order valence-electron chi connectivity index (χ1n) is 6.35. The van der Waals surface area contributed by atoms with Crippen LogP contribution in [0.3, 0.4) is 0 Å². The van der Waals surface area contributed by atoms with Crippen molar-refractivity contribution in [2.24, 2.45) is 0 Å². The van der Waals surface area contributed by atoms with E-state index >= 15 is 0 Å². The quantitative estimate of drug-likeness (QED) is 0.792. The highest BCUT2D eigenvalue weighted by atomic mass is 35.5. The fourth-order valence-corrected chi connectivity index (χ4v) is 2.01. The summed E-state index contributed by atoms with van der Waals surface area (Å²) < 4.78 is 0. The van der Waals surface area contributed by atoms with Crippen LogP contribution < -0.4 is 16.0 Å². The Bertz CT molecular complexity index is 702. The lowest BCUT2D eigenvalue weighted by Gasteiger charge is -2.09. The van der Waals surface area contributed by atoms with Crippen LogP contribution in [0.25, 0.3) is 0 Å². The lowest BCUT2D eigenvalue weighted by atomic mass is 10.2. The van der Waals surface area contributed by atoms with Crippen molar-refractivity contribution in [3.63, 3.8) is 0 Å². The zero-order chi connectivity index (χ0) is 16.1. The minimum absolute atomic E-state index is 0.188. The number of rotatable bonds is 3. The van der Waals surface area contributed by atoms with Gasteiger partial charge in [-0.1, -0.05) is 23.2 Å². The molecule has 0 spiro atoms. The molecule has 2 aromatic rings. The van der Waals surface area contributed by atoms with Crippen LogP contribution in [0.4, 0.5) is 16.2 Å². The molecule has 0 aliphatic carbocycles. The zero-order valence-electron chi connectivity index (χ0n) is 11.6. The maximum atomic E-state index is 11.9. The van der Waals surface area contributed by atoms with Gasteiger partial charge in [0, 0.05) is 24.0 Å². The second-order valence-electron chi connectivity index (χ2n) is 4.36. The molecule has 0 atom stereocenters. The second-order valence-corrected chi connectivity index (χ2v) is 5.18. The molecule has 0 aliphatic heterocycles. The van der Waals surface area contributed by atoms with E-state index in [-0.39, 0.29) is 5.91 Å². The Labute approximate surface area is 137 Å². The number of hydrogen-bond donors (Lipinski definition) is 3. The highest BCUT2D eigenvalue weighted by Gasteiger charge is 2.06. The molecule has 0 fully saturated rings. The van der Waals surface area contributed by atoms with Gasteiger partial charge in [0.15, 0.2) is 0 Å². The molecule has 3 amide bonds. The van der Waals surface area contributed by atoms with E-state index in [2.05, 4.69) is 16.0 Å². The minimum atomic E-state index is -0.425. The number of amides is 3. The molecule has 0 unspecified atom stereocenters. The predicted molar refractivity (Wildman–Crippen MR) is 88.9 cm³/mol. The van der Waals surface area contributed by atoms with Crippen molar-refractivity contribution in [2.45, 2.75) is 0 Å². The third-order valence-corrected chi connectivity index (χ3v) is 3.55. The fourth-order valence-electron chi connectivity index (χ4n) is 1.72. The van der Waals surface area contributed by atoms with Gasteiger partial charge in [-0.05, 0) is 42.5 Å². The Hall–Kier alpha value is -2.24. The highest BCUT2D eigenvalue weighted by Crippen LogP contribution is 2.25. The summed E-state index contributed by atoms with van der Waals surface area (Å²) in [6.45, 7) is 0. The van der Waals surface area contributed by atoms with E-state index in [0.717, 1.165) is 0 Å². The highest BCUT2D eigenvalue weighted by molar-refractivity contribution is 6.42. The van der Waals surface area contributed by atoms with Gasteiger partial charge >= 0.3 is 6.03 Å². The number of urea groups is 1. The molecular weight excluding hydrogens is 325 g/mol. The van der Waals surface area contributed by atoms with Gasteiger partial charge in [0.25, 0.3) is 5.91 Å². The molecule has 114 valence electrons. The summed E-state index contributed by atoms with van der Waals surface area (Å²) >= 11 is 11.7. The van der Waals surface area contributed by atoms with Crippen molar-refractivity contribution in [1.82, 2.24) is 5.32 Å². The summed E-state index contributed by atoms with van der Waals surface area (Å²) in [5.74, 6) is -0.188. The largest absolute Gasteiger partial charge is 0.355 e. The van der Waals surface area contributed by atoms with Gasteiger partial charge in [-0.3, -0.25) is 4.79 Å². The first-order chi connectivity index (χ1) is 10.5. The molecule has 5 nitrogen and oxygen atoms in total. The molecule has 2 aromatic carbocycles. The minimum Gasteiger partial charge on any atom is -0.355 e. The maximum absolute atomic E-state index is 11.9. The standard InChI is InChI=1S/C15H13Cl2N3O2/c1-18-14(21)9-2-4-10(5-3-9)19-15(22)20-11-6-7-12(16)13(17)8-11/h2-8H,1H3,(H,18,21)(H2,19,20,22). The van der Waals surface area contributed by atoms with E-state index in [4.69, 9.17) is 23.2 Å². The van der Waals surface area contributed by atoms with Gasteiger partial charge in [0.05, 0.1) is 10.0 Å². The van der Waals surface area contributed by atoms with Crippen LogP contribution in [0, 0.1) is 0 Å². The van der Waals surface area contributed by atoms with Crippen molar-refractivity contribution < 1.29 is 9.59 Å². The molecule has 0 radical (unpaired) electrons. The number of benzene rings is 2. The van der Waals surface area contributed by atoms with Crippen LogP contribution in [0.1, 0.15) is 10.4 Å². The molecule has 7 heteroatoms. The van der Waals surface area contributed by atoms with E-state index in [1.165, 1.54) is 0 Å².